The van der Waals surface area contributed by atoms with Crippen LogP contribution in [-0.2, 0) is 0 Å². The minimum atomic E-state index is -0.0280. The standard InChI is InChI=1S/C13H13N3OS.C10H8N2OS.C8H7BrO.C8H8O.4C2H6.B/c1-16(2)9-15-13-14-8-11(18-13)12(17)10-6-4-3-5-7-10;11-10-12-6-8(14-10)9(13)7-4-2-1-3-5-7;9-6-8(10)7-4-2-1-3-5-7;1-7(9)8-5-3-2-4-6-8;4*1-2;/h3-9H,1-2H3;1-6H,(H2,11,12);1-5H,6H2;2-6H,1H3;4*1-2H3;. The van der Waals surface area contributed by atoms with E-state index >= 15 is 0 Å². The van der Waals surface area contributed by atoms with Gasteiger partial charge in [0.25, 0.3) is 0 Å². The van der Waals surface area contributed by atoms with E-state index in [9.17, 15) is 19.2 Å². The lowest BCUT2D eigenvalue weighted by atomic mass is 10.1. The monoisotopic (exact) mass is 912 g/mol. The van der Waals surface area contributed by atoms with Crippen molar-refractivity contribution in [2.45, 2.75) is 62.3 Å². The Bertz CT molecular complexity index is 2010. The summed E-state index contributed by atoms with van der Waals surface area (Å²) in [4.78, 5) is 60.6. The topological polar surface area (TPSA) is 136 Å². The molecule has 2 heterocycles. The molecule has 4 aromatic carbocycles. The molecule has 13 heteroatoms. The maximum atomic E-state index is 12.1. The van der Waals surface area contributed by atoms with Crippen molar-refractivity contribution in [1.29, 1.82) is 0 Å². The number of anilines is 1. The van der Waals surface area contributed by atoms with E-state index in [0.717, 1.165) is 11.1 Å². The summed E-state index contributed by atoms with van der Waals surface area (Å²) in [6, 6.07) is 36.7. The third kappa shape index (κ3) is 24.5. The van der Waals surface area contributed by atoms with Gasteiger partial charge >= 0.3 is 0 Å². The Morgan fingerprint density at radius 2 is 0.950 bits per heavy atom. The molecule has 0 aliphatic rings. The summed E-state index contributed by atoms with van der Waals surface area (Å²) in [5.74, 6) is 0.204. The summed E-state index contributed by atoms with van der Waals surface area (Å²) in [6.45, 7) is 17.6. The Labute approximate surface area is 377 Å². The molecule has 2 N–H and O–H groups in total. The Morgan fingerprint density at radius 1 is 0.600 bits per heavy atom. The van der Waals surface area contributed by atoms with Gasteiger partial charge in [0.15, 0.2) is 16.7 Å². The van der Waals surface area contributed by atoms with Crippen molar-refractivity contribution < 1.29 is 19.2 Å². The number of carbonyl (C=O) groups excluding carboxylic acids is 4. The number of alkyl halides is 1. The highest BCUT2D eigenvalue weighted by molar-refractivity contribution is 9.09. The van der Waals surface area contributed by atoms with Crippen LogP contribution in [0.5, 0.6) is 0 Å². The second-order valence-electron chi connectivity index (χ2n) is 10.5. The quantitative estimate of drug-likeness (QED) is 0.0498. The van der Waals surface area contributed by atoms with Crippen molar-refractivity contribution in [2.24, 2.45) is 4.99 Å². The number of nitrogens with zero attached hydrogens (tertiary/aromatic N) is 4. The van der Waals surface area contributed by atoms with Crippen molar-refractivity contribution >= 4 is 86.8 Å². The molecule has 0 saturated heterocycles. The van der Waals surface area contributed by atoms with E-state index in [1.54, 1.807) is 43.7 Å². The normalized spacial score (nSPS) is 8.87. The van der Waals surface area contributed by atoms with Crippen LogP contribution in [0, 0.1) is 0 Å². The number of nitrogen functional groups attached to an aromatic ring is 1. The van der Waals surface area contributed by atoms with Gasteiger partial charge in [0.2, 0.25) is 16.7 Å². The molecule has 0 aliphatic heterocycles. The Hall–Kier alpha value is -5.37. The molecule has 0 spiro atoms. The molecule has 9 nitrogen and oxygen atoms in total. The summed E-state index contributed by atoms with van der Waals surface area (Å²) < 4.78 is 0. The number of halogens is 1. The van der Waals surface area contributed by atoms with E-state index in [-0.39, 0.29) is 31.5 Å². The first-order valence-electron chi connectivity index (χ1n) is 19.4. The van der Waals surface area contributed by atoms with E-state index in [2.05, 4.69) is 30.9 Å². The molecule has 6 rings (SSSR count). The van der Waals surface area contributed by atoms with E-state index < -0.39 is 0 Å². The van der Waals surface area contributed by atoms with Crippen molar-refractivity contribution in [3.05, 3.63) is 166 Å². The van der Waals surface area contributed by atoms with Crippen LogP contribution in [-0.4, -0.2) is 72.2 Å². The van der Waals surface area contributed by atoms with Gasteiger partial charge in [0, 0.05) is 44.8 Å². The largest absolute Gasteiger partial charge is 0.375 e. The highest BCUT2D eigenvalue weighted by atomic mass is 79.9. The van der Waals surface area contributed by atoms with Gasteiger partial charge in [-0.05, 0) is 6.92 Å². The molecular formula is C47H60BBrN5O4S2. The van der Waals surface area contributed by atoms with Gasteiger partial charge in [-0.3, -0.25) is 19.2 Å². The minimum Gasteiger partial charge on any atom is -0.375 e. The van der Waals surface area contributed by atoms with Gasteiger partial charge in [-0.1, -0.05) is 215 Å². The molecule has 60 heavy (non-hydrogen) atoms. The molecule has 319 valence electrons. The lowest BCUT2D eigenvalue weighted by molar-refractivity contribution is 0.101. The molecule has 0 fully saturated rings. The molecule has 2 aromatic heterocycles. The number of thiazole rings is 2. The molecular weight excluding hydrogens is 853 g/mol. The Kier molecular flexibility index (Phi) is 37.2. The minimum absolute atomic E-state index is 0. The van der Waals surface area contributed by atoms with E-state index in [1.807, 2.05) is 171 Å². The number of carbonyl (C=O) groups is 4. The van der Waals surface area contributed by atoms with Gasteiger partial charge in [-0.2, -0.15) is 0 Å². The third-order valence-electron chi connectivity index (χ3n) is 6.33. The average molecular weight is 914 g/mol. The number of hydrogen-bond acceptors (Lipinski definition) is 10. The van der Waals surface area contributed by atoms with Crippen LogP contribution in [0.15, 0.2) is 139 Å². The SMILES string of the molecule is CC.CC.CC.CC.CC(=O)c1ccccc1.CN(C)C=Nc1ncc(C(=O)c2ccccc2)s1.Nc1ncc(C(=O)c2ccccc2)s1.O=C(CBr)c1ccccc1.[B]. The van der Waals surface area contributed by atoms with Gasteiger partial charge in [-0.15, -0.1) is 0 Å². The predicted octanol–water partition coefficient (Wildman–Crippen LogP) is 12.4. The van der Waals surface area contributed by atoms with Gasteiger partial charge < -0.3 is 10.6 Å². The van der Waals surface area contributed by atoms with Crippen LogP contribution in [0.3, 0.4) is 0 Å². The van der Waals surface area contributed by atoms with Gasteiger partial charge in [0.1, 0.15) is 0 Å². The third-order valence-corrected chi connectivity index (χ3v) is 8.57. The molecule has 0 aliphatic carbocycles. The number of benzene rings is 4. The van der Waals surface area contributed by atoms with Crippen molar-refractivity contribution in [2.75, 3.05) is 25.2 Å². The number of ketones is 4. The zero-order valence-electron chi connectivity index (χ0n) is 36.8. The van der Waals surface area contributed by atoms with Crippen LogP contribution in [0.4, 0.5) is 10.3 Å². The van der Waals surface area contributed by atoms with Gasteiger partial charge in [-0.25, -0.2) is 15.0 Å². The lowest BCUT2D eigenvalue weighted by Crippen LogP contribution is -2.06. The van der Waals surface area contributed by atoms with Crippen LogP contribution in [0.1, 0.15) is 113 Å². The second-order valence-corrected chi connectivity index (χ2v) is 13.1. The zero-order chi connectivity index (χ0) is 45.0. The molecule has 0 atom stereocenters. The van der Waals surface area contributed by atoms with Crippen LogP contribution in [0.2, 0.25) is 0 Å². The predicted molar refractivity (Wildman–Crippen MR) is 262 cm³/mol. The van der Waals surface area contributed by atoms with E-state index in [1.165, 1.54) is 28.9 Å². The van der Waals surface area contributed by atoms with Crippen LogP contribution in [0.25, 0.3) is 0 Å². The number of aromatic nitrogens is 2. The van der Waals surface area contributed by atoms with E-state index in [4.69, 9.17) is 5.73 Å². The molecule has 0 unspecified atom stereocenters. The Balaban J connectivity index is -0.000000698. The number of Topliss-reactive ketones (excluding diaryl/α,β-unsaturated/α-hetero) is 2. The fraction of sp³-hybridized carbons (Fsp3) is 0.255. The van der Waals surface area contributed by atoms with Crippen molar-refractivity contribution in [3.8, 4) is 0 Å². The first-order valence-corrected chi connectivity index (χ1v) is 22.1. The molecule has 3 radical (unpaired) electrons. The number of rotatable bonds is 9. The van der Waals surface area contributed by atoms with Crippen LogP contribution >= 0.6 is 38.6 Å². The average Bonchev–Trinajstić information content (AvgIpc) is 3.99. The second kappa shape index (κ2) is 37.9. The fourth-order valence-electron chi connectivity index (χ4n) is 3.82. The summed E-state index contributed by atoms with van der Waals surface area (Å²) >= 11 is 5.60. The van der Waals surface area contributed by atoms with E-state index in [0.29, 0.717) is 36.5 Å². The summed E-state index contributed by atoms with van der Waals surface area (Å²) in [5.41, 5.74) is 8.32. The first kappa shape index (κ1) is 58.9. The summed E-state index contributed by atoms with van der Waals surface area (Å²) in [7, 11) is 3.76. The summed E-state index contributed by atoms with van der Waals surface area (Å²) in [6.07, 6.45) is 4.74. The number of nitrogens with two attached hydrogens (primary N) is 1. The maximum absolute atomic E-state index is 12.1. The molecule has 0 amide bonds. The maximum Gasteiger partial charge on any atom is 0.211 e. The zero-order valence-corrected chi connectivity index (χ0v) is 40.0. The summed E-state index contributed by atoms with van der Waals surface area (Å²) in [5, 5.41) is 1.41. The first-order chi connectivity index (χ1) is 28.6. The molecule has 0 saturated carbocycles. The molecule has 6 aromatic rings. The van der Waals surface area contributed by atoms with Crippen molar-refractivity contribution in [1.82, 2.24) is 14.9 Å². The lowest BCUT2D eigenvalue weighted by Gasteiger charge is -1.99. The number of hydrogen-bond donors (Lipinski definition) is 1. The number of aliphatic imine (C=N–C) groups is 1. The van der Waals surface area contributed by atoms with Crippen LogP contribution < -0.4 is 5.73 Å². The smallest absolute Gasteiger partial charge is 0.211 e. The van der Waals surface area contributed by atoms with Gasteiger partial charge in [0.05, 0.1) is 33.8 Å². The highest BCUT2D eigenvalue weighted by Crippen LogP contribution is 2.23. The highest BCUT2D eigenvalue weighted by Gasteiger charge is 2.12. The molecule has 0 bridgehead atoms. The van der Waals surface area contributed by atoms with Crippen molar-refractivity contribution in [3.63, 3.8) is 0 Å². The Morgan fingerprint density at radius 3 is 1.27 bits per heavy atom. The fourth-order valence-corrected chi connectivity index (χ4v) is 5.51.